The third-order valence-corrected chi connectivity index (χ3v) is 6.51. The van der Waals surface area contributed by atoms with Crippen molar-refractivity contribution in [1.29, 1.82) is 0 Å². The van der Waals surface area contributed by atoms with Gasteiger partial charge >= 0.3 is 5.97 Å². The van der Waals surface area contributed by atoms with Crippen molar-refractivity contribution >= 4 is 43.7 Å². The van der Waals surface area contributed by atoms with E-state index >= 15 is 0 Å². The molecule has 0 atom stereocenters. The number of benzene rings is 3. The maximum atomic E-state index is 12.9. The fourth-order valence-corrected chi connectivity index (χ4v) is 5.12. The number of carbonyl (C=O) groups excluding carboxylic acids is 2. The molecular formula is C28H29Br2NO4. The first-order valence-electron chi connectivity index (χ1n) is 11.2. The first kappa shape index (κ1) is 27.0. The molecule has 0 aliphatic rings. The lowest BCUT2D eigenvalue weighted by molar-refractivity contribution is -0.140. The van der Waals surface area contributed by atoms with Gasteiger partial charge in [0.2, 0.25) is 0 Å². The van der Waals surface area contributed by atoms with E-state index in [0.717, 1.165) is 31.4 Å². The molecule has 0 fully saturated rings. The molecule has 5 nitrogen and oxygen atoms in total. The van der Waals surface area contributed by atoms with Crippen molar-refractivity contribution in [2.24, 2.45) is 0 Å². The van der Waals surface area contributed by atoms with E-state index in [-0.39, 0.29) is 12.5 Å². The maximum Gasteiger partial charge on any atom is 0.338 e. The van der Waals surface area contributed by atoms with E-state index in [9.17, 15) is 9.59 Å². The molecule has 3 aromatic carbocycles. The van der Waals surface area contributed by atoms with E-state index < -0.39 is 11.5 Å². The Labute approximate surface area is 223 Å². The number of carbonyl (C=O) groups is 2. The fourth-order valence-electron chi connectivity index (χ4n) is 3.47. The summed E-state index contributed by atoms with van der Waals surface area (Å²) in [5.74, 6) is -0.0612. The highest BCUT2D eigenvalue weighted by atomic mass is 79.9. The smallest absolute Gasteiger partial charge is 0.338 e. The molecule has 0 spiro atoms. The largest absolute Gasteiger partial charge is 0.487 e. The van der Waals surface area contributed by atoms with E-state index in [2.05, 4.69) is 31.9 Å². The van der Waals surface area contributed by atoms with Gasteiger partial charge in [-0.05, 0) is 101 Å². The second-order valence-electron chi connectivity index (χ2n) is 9.26. The van der Waals surface area contributed by atoms with Crippen LogP contribution in [0.3, 0.4) is 0 Å². The minimum Gasteiger partial charge on any atom is -0.487 e. The van der Waals surface area contributed by atoms with Crippen LogP contribution in [0.4, 0.5) is 0 Å². The number of halogens is 2. The van der Waals surface area contributed by atoms with Crippen molar-refractivity contribution in [2.45, 2.75) is 46.4 Å². The summed E-state index contributed by atoms with van der Waals surface area (Å²) in [6, 6.07) is 20.7. The van der Waals surface area contributed by atoms with Gasteiger partial charge < -0.3 is 14.4 Å². The van der Waals surface area contributed by atoms with Crippen LogP contribution in [0.1, 0.15) is 47.8 Å². The Bertz CT molecular complexity index is 1150. The molecule has 0 saturated carbocycles. The highest BCUT2D eigenvalue weighted by Crippen LogP contribution is 2.35. The Morgan fingerprint density at radius 1 is 0.886 bits per heavy atom. The summed E-state index contributed by atoms with van der Waals surface area (Å²) in [5.41, 5.74) is 3.00. The van der Waals surface area contributed by atoms with Crippen molar-refractivity contribution in [1.82, 2.24) is 4.90 Å². The van der Waals surface area contributed by atoms with E-state index in [1.54, 1.807) is 17.0 Å². The lowest BCUT2D eigenvalue weighted by atomic mass is 10.0. The number of amides is 1. The van der Waals surface area contributed by atoms with Crippen molar-refractivity contribution in [3.63, 3.8) is 0 Å². The quantitative estimate of drug-likeness (QED) is 0.258. The first-order valence-corrected chi connectivity index (χ1v) is 12.8. The average Bonchev–Trinajstić information content (AvgIpc) is 2.80. The maximum absolute atomic E-state index is 12.9. The van der Waals surface area contributed by atoms with Crippen LogP contribution < -0.4 is 4.74 Å². The molecule has 3 rings (SSSR count). The van der Waals surface area contributed by atoms with Gasteiger partial charge in [0.05, 0.1) is 14.5 Å². The van der Waals surface area contributed by atoms with E-state index in [4.69, 9.17) is 9.47 Å². The predicted molar refractivity (Wildman–Crippen MR) is 144 cm³/mol. The Kier molecular flexibility index (Phi) is 9.14. The zero-order chi connectivity index (χ0) is 25.6. The Morgan fingerprint density at radius 3 is 2.06 bits per heavy atom. The summed E-state index contributed by atoms with van der Waals surface area (Å²) in [5, 5.41) is 0. The summed E-state index contributed by atoms with van der Waals surface area (Å²) in [6.07, 6.45) is 0. The lowest BCUT2D eigenvalue weighted by Gasteiger charge is -2.35. The SMILES string of the molecule is Cc1cc(Br)c(OCc2ccc(C(=O)OCC(=O)N(Cc3ccccc3)C(C)(C)C)cc2)c(Br)c1. The third-order valence-electron chi connectivity index (χ3n) is 5.34. The molecular weight excluding hydrogens is 574 g/mol. The molecule has 0 unspecified atom stereocenters. The van der Waals surface area contributed by atoms with Crippen molar-refractivity contribution < 1.29 is 19.1 Å². The van der Waals surface area contributed by atoms with Crippen LogP contribution in [0.5, 0.6) is 5.75 Å². The molecule has 1 amide bonds. The van der Waals surface area contributed by atoms with Crippen LogP contribution in [0.25, 0.3) is 0 Å². The molecule has 0 bridgehead atoms. The van der Waals surface area contributed by atoms with Gasteiger partial charge in [-0.15, -0.1) is 0 Å². The summed E-state index contributed by atoms with van der Waals surface area (Å²) in [6.45, 7) is 8.37. The van der Waals surface area contributed by atoms with Gasteiger partial charge in [0.15, 0.2) is 6.61 Å². The number of esters is 1. The molecule has 0 radical (unpaired) electrons. The Balaban J connectivity index is 1.57. The number of hydrogen-bond donors (Lipinski definition) is 0. The molecule has 0 heterocycles. The Hall–Kier alpha value is -2.64. The highest BCUT2D eigenvalue weighted by Gasteiger charge is 2.27. The molecule has 0 N–H and O–H groups in total. The fraction of sp³-hybridized carbons (Fsp3) is 0.286. The highest BCUT2D eigenvalue weighted by molar-refractivity contribution is 9.11. The minimum atomic E-state index is -0.539. The van der Waals surface area contributed by atoms with Crippen LogP contribution in [0, 0.1) is 6.92 Å². The molecule has 0 aliphatic heterocycles. The van der Waals surface area contributed by atoms with Crippen LogP contribution in [0.15, 0.2) is 75.7 Å². The topological polar surface area (TPSA) is 55.8 Å². The zero-order valence-electron chi connectivity index (χ0n) is 20.3. The molecule has 0 saturated heterocycles. The molecule has 3 aromatic rings. The van der Waals surface area contributed by atoms with Gasteiger partial charge in [-0.1, -0.05) is 42.5 Å². The van der Waals surface area contributed by atoms with E-state index in [0.29, 0.717) is 18.7 Å². The normalized spacial score (nSPS) is 11.1. The lowest BCUT2D eigenvalue weighted by Crippen LogP contribution is -2.46. The molecule has 0 aromatic heterocycles. The molecule has 184 valence electrons. The number of rotatable bonds is 8. The predicted octanol–water partition coefficient (Wildman–Crippen LogP) is 7.08. The number of hydrogen-bond acceptors (Lipinski definition) is 4. The van der Waals surface area contributed by atoms with Crippen LogP contribution in [-0.2, 0) is 22.7 Å². The second-order valence-corrected chi connectivity index (χ2v) is 11.0. The standard InChI is InChI=1S/C28H29Br2NO4/c1-19-14-23(29)26(24(30)15-19)34-17-21-10-12-22(13-11-21)27(33)35-18-25(32)31(28(2,3)4)16-20-8-6-5-7-9-20/h5-15H,16-18H2,1-4H3. The monoisotopic (exact) mass is 601 g/mol. The number of nitrogens with zero attached hydrogens (tertiary/aromatic N) is 1. The summed E-state index contributed by atoms with van der Waals surface area (Å²) >= 11 is 7.05. The molecule has 0 aliphatic carbocycles. The van der Waals surface area contributed by atoms with Crippen LogP contribution in [-0.4, -0.2) is 28.9 Å². The van der Waals surface area contributed by atoms with Gasteiger partial charge in [0.25, 0.3) is 5.91 Å². The molecule has 7 heteroatoms. The minimum absolute atomic E-state index is 0.242. The summed E-state index contributed by atoms with van der Waals surface area (Å²) in [4.78, 5) is 27.2. The van der Waals surface area contributed by atoms with Gasteiger partial charge in [-0.25, -0.2) is 4.79 Å². The first-order chi connectivity index (χ1) is 16.5. The number of ether oxygens (including phenoxy) is 2. The van der Waals surface area contributed by atoms with Crippen LogP contribution >= 0.6 is 31.9 Å². The summed E-state index contributed by atoms with van der Waals surface area (Å²) in [7, 11) is 0. The van der Waals surface area contributed by atoms with Crippen molar-refractivity contribution in [2.75, 3.05) is 6.61 Å². The number of aryl methyl sites for hydroxylation is 1. The van der Waals surface area contributed by atoms with E-state index in [1.165, 1.54) is 0 Å². The third kappa shape index (κ3) is 7.67. The Morgan fingerprint density at radius 2 is 1.49 bits per heavy atom. The summed E-state index contributed by atoms with van der Waals surface area (Å²) < 4.78 is 13.0. The van der Waals surface area contributed by atoms with E-state index in [1.807, 2.05) is 82.3 Å². The van der Waals surface area contributed by atoms with Crippen LogP contribution in [0.2, 0.25) is 0 Å². The zero-order valence-corrected chi connectivity index (χ0v) is 23.5. The van der Waals surface area contributed by atoms with Crippen molar-refractivity contribution in [3.05, 3.63) is 97.9 Å². The van der Waals surface area contributed by atoms with Gasteiger partial charge in [0.1, 0.15) is 12.4 Å². The average molecular weight is 603 g/mol. The van der Waals surface area contributed by atoms with Gasteiger partial charge in [-0.3, -0.25) is 4.79 Å². The van der Waals surface area contributed by atoms with Gasteiger partial charge in [0, 0.05) is 12.1 Å². The van der Waals surface area contributed by atoms with Gasteiger partial charge in [-0.2, -0.15) is 0 Å². The second kappa shape index (κ2) is 11.9. The van der Waals surface area contributed by atoms with Crippen molar-refractivity contribution in [3.8, 4) is 5.75 Å². The molecule has 35 heavy (non-hydrogen) atoms.